The summed E-state index contributed by atoms with van der Waals surface area (Å²) in [4.78, 5) is 36.9. The second-order valence-corrected chi connectivity index (χ2v) is 7.11. The minimum Gasteiger partial charge on any atom is -0.452 e. The fourth-order valence-corrected chi connectivity index (χ4v) is 3.32. The number of hydrogen-bond acceptors (Lipinski definition) is 5. The average Bonchev–Trinajstić information content (AvgIpc) is 2.76. The minimum atomic E-state index is -0.949. The zero-order valence-corrected chi connectivity index (χ0v) is 17.1. The van der Waals surface area contributed by atoms with Gasteiger partial charge >= 0.3 is 5.97 Å². The van der Waals surface area contributed by atoms with E-state index in [-0.39, 0.29) is 23.9 Å². The maximum Gasteiger partial charge on any atom is 0.312 e. The standard InChI is InChI=1S/C23H25N3O4/c1-3-9-19(16-10-5-4-6-11-16)24-22(28)15(2)30-21(27)14-20-17-12-7-8-13-18(17)23(29)26-25-20/h4-8,10-13,15,19H,3,9,14H2,1-2H3,(H,24,28)(H,26,29)/t15-,19-/m0/s1. The van der Waals surface area contributed by atoms with Crippen LogP contribution in [0.2, 0.25) is 0 Å². The summed E-state index contributed by atoms with van der Waals surface area (Å²) in [5.74, 6) is -0.945. The van der Waals surface area contributed by atoms with Crippen molar-refractivity contribution in [3.05, 3.63) is 76.2 Å². The zero-order valence-electron chi connectivity index (χ0n) is 17.1. The molecule has 30 heavy (non-hydrogen) atoms. The first-order valence-electron chi connectivity index (χ1n) is 10.0. The van der Waals surface area contributed by atoms with E-state index >= 15 is 0 Å². The van der Waals surface area contributed by atoms with Crippen LogP contribution in [-0.4, -0.2) is 28.2 Å². The number of hydrogen-bond donors (Lipinski definition) is 2. The molecule has 0 unspecified atom stereocenters. The smallest absolute Gasteiger partial charge is 0.312 e. The van der Waals surface area contributed by atoms with Crippen LogP contribution in [0, 0.1) is 0 Å². The normalized spacial score (nSPS) is 12.9. The number of fused-ring (bicyclic) bond motifs is 1. The lowest BCUT2D eigenvalue weighted by Crippen LogP contribution is -2.38. The molecule has 7 heteroatoms. The van der Waals surface area contributed by atoms with Gasteiger partial charge in [0.1, 0.15) is 0 Å². The van der Waals surface area contributed by atoms with Gasteiger partial charge in [-0.1, -0.05) is 61.9 Å². The van der Waals surface area contributed by atoms with E-state index in [1.54, 1.807) is 31.2 Å². The van der Waals surface area contributed by atoms with Gasteiger partial charge in [-0.15, -0.1) is 0 Å². The van der Waals surface area contributed by atoms with Gasteiger partial charge in [-0.3, -0.25) is 14.4 Å². The topological polar surface area (TPSA) is 101 Å². The summed E-state index contributed by atoms with van der Waals surface area (Å²) in [5.41, 5.74) is 1.09. The highest BCUT2D eigenvalue weighted by Gasteiger charge is 2.22. The lowest BCUT2D eigenvalue weighted by molar-refractivity contribution is -0.154. The number of aromatic amines is 1. The number of amides is 1. The van der Waals surface area contributed by atoms with Crippen molar-refractivity contribution in [3.8, 4) is 0 Å². The van der Waals surface area contributed by atoms with E-state index in [4.69, 9.17) is 4.74 Å². The molecule has 2 N–H and O–H groups in total. The number of carbonyl (C=O) groups is 2. The van der Waals surface area contributed by atoms with E-state index in [0.29, 0.717) is 16.5 Å². The Labute approximate surface area is 174 Å². The highest BCUT2D eigenvalue weighted by atomic mass is 16.5. The van der Waals surface area contributed by atoms with E-state index in [2.05, 4.69) is 15.5 Å². The van der Waals surface area contributed by atoms with Gasteiger partial charge in [0, 0.05) is 5.39 Å². The third kappa shape index (κ3) is 5.11. The molecule has 0 radical (unpaired) electrons. The molecule has 0 saturated carbocycles. The SMILES string of the molecule is CCC[C@H](NC(=O)[C@H](C)OC(=O)Cc1n[nH]c(=O)c2ccccc12)c1ccccc1. The number of nitrogens with one attached hydrogen (secondary N) is 2. The van der Waals surface area contributed by atoms with Crippen molar-refractivity contribution < 1.29 is 14.3 Å². The molecule has 7 nitrogen and oxygen atoms in total. The van der Waals surface area contributed by atoms with E-state index in [1.807, 2.05) is 37.3 Å². The molecule has 0 bridgehead atoms. The Morgan fingerprint density at radius 2 is 1.73 bits per heavy atom. The van der Waals surface area contributed by atoms with Crippen LogP contribution >= 0.6 is 0 Å². The van der Waals surface area contributed by atoms with Crippen molar-refractivity contribution in [3.63, 3.8) is 0 Å². The second-order valence-electron chi connectivity index (χ2n) is 7.11. The lowest BCUT2D eigenvalue weighted by Gasteiger charge is -2.21. The molecule has 0 spiro atoms. The number of benzene rings is 2. The summed E-state index contributed by atoms with van der Waals surface area (Å²) in [5, 5.41) is 10.4. The number of ether oxygens (including phenoxy) is 1. The van der Waals surface area contributed by atoms with Crippen LogP contribution in [-0.2, 0) is 20.7 Å². The molecular formula is C23H25N3O4. The number of aromatic nitrogens is 2. The number of esters is 1. The first-order valence-corrected chi connectivity index (χ1v) is 10.0. The van der Waals surface area contributed by atoms with Crippen molar-refractivity contribution >= 4 is 22.6 Å². The summed E-state index contributed by atoms with van der Waals surface area (Å²) in [6, 6.07) is 16.5. The van der Waals surface area contributed by atoms with Crippen molar-refractivity contribution in [2.45, 2.75) is 45.3 Å². The van der Waals surface area contributed by atoms with Gasteiger partial charge in [-0.25, -0.2) is 5.10 Å². The maximum atomic E-state index is 12.6. The van der Waals surface area contributed by atoms with Crippen LogP contribution in [0.3, 0.4) is 0 Å². The molecule has 0 aliphatic heterocycles. The Morgan fingerprint density at radius 3 is 2.43 bits per heavy atom. The van der Waals surface area contributed by atoms with Crippen LogP contribution in [0.25, 0.3) is 10.8 Å². The highest BCUT2D eigenvalue weighted by Crippen LogP contribution is 2.19. The Bertz CT molecular complexity index is 1080. The largest absolute Gasteiger partial charge is 0.452 e. The number of nitrogens with zero attached hydrogens (tertiary/aromatic N) is 1. The fraction of sp³-hybridized carbons (Fsp3) is 0.304. The molecule has 0 saturated heterocycles. The van der Waals surface area contributed by atoms with E-state index < -0.39 is 12.1 Å². The Morgan fingerprint density at radius 1 is 1.07 bits per heavy atom. The maximum absolute atomic E-state index is 12.6. The first-order chi connectivity index (χ1) is 14.5. The monoisotopic (exact) mass is 407 g/mol. The molecular weight excluding hydrogens is 382 g/mol. The molecule has 3 rings (SSSR count). The molecule has 3 aromatic rings. The molecule has 0 fully saturated rings. The predicted octanol–water partition coefficient (Wildman–Crippen LogP) is 3.05. The van der Waals surface area contributed by atoms with Crippen LogP contribution in [0.5, 0.6) is 0 Å². The van der Waals surface area contributed by atoms with Crippen LogP contribution < -0.4 is 10.9 Å². The van der Waals surface area contributed by atoms with Gasteiger partial charge in [0.25, 0.3) is 11.5 Å². The number of H-pyrrole nitrogens is 1. The van der Waals surface area contributed by atoms with Crippen molar-refractivity contribution in [2.75, 3.05) is 0 Å². The molecule has 1 aromatic heterocycles. The molecule has 2 atom stereocenters. The van der Waals surface area contributed by atoms with Gasteiger partial charge in [0.05, 0.1) is 23.5 Å². The summed E-state index contributed by atoms with van der Waals surface area (Å²) >= 11 is 0. The summed E-state index contributed by atoms with van der Waals surface area (Å²) in [6.45, 7) is 3.59. The highest BCUT2D eigenvalue weighted by molar-refractivity contribution is 5.88. The lowest BCUT2D eigenvalue weighted by atomic mass is 10.0. The number of rotatable bonds is 8. The average molecular weight is 407 g/mol. The third-order valence-electron chi connectivity index (χ3n) is 4.86. The molecule has 0 aliphatic carbocycles. The molecule has 0 aliphatic rings. The van der Waals surface area contributed by atoms with Crippen LogP contribution in [0.1, 0.15) is 44.0 Å². The first kappa shape index (κ1) is 21.2. The van der Waals surface area contributed by atoms with Gasteiger partial charge in [-0.05, 0) is 25.0 Å². The summed E-state index contributed by atoms with van der Waals surface area (Å²) in [6.07, 6.45) is 0.587. The number of carbonyl (C=O) groups excluding carboxylic acids is 2. The summed E-state index contributed by atoms with van der Waals surface area (Å²) < 4.78 is 5.33. The second kappa shape index (κ2) is 9.82. The Hall–Kier alpha value is -3.48. The molecule has 1 heterocycles. The Kier molecular flexibility index (Phi) is 6.95. The Balaban J connectivity index is 1.64. The summed E-state index contributed by atoms with van der Waals surface area (Å²) in [7, 11) is 0. The quantitative estimate of drug-likeness (QED) is 0.559. The van der Waals surface area contributed by atoms with Crippen molar-refractivity contribution in [2.24, 2.45) is 0 Å². The van der Waals surface area contributed by atoms with E-state index in [9.17, 15) is 14.4 Å². The molecule has 1 amide bonds. The van der Waals surface area contributed by atoms with E-state index in [0.717, 1.165) is 18.4 Å². The van der Waals surface area contributed by atoms with E-state index in [1.165, 1.54) is 0 Å². The molecule has 156 valence electrons. The predicted molar refractivity (Wildman–Crippen MR) is 114 cm³/mol. The van der Waals surface area contributed by atoms with Gasteiger partial charge in [0.15, 0.2) is 6.10 Å². The van der Waals surface area contributed by atoms with Crippen molar-refractivity contribution in [1.29, 1.82) is 0 Å². The van der Waals surface area contributed by atoms with Crippen molar-refractivity contribution in [1.82, 2.24) is 15.5 Å². The van der Waals surface area contributed by atoms with Gasteiger partial charge in [-0.2, -0.15) is 5.10 Å². The zero-order chi connectivity index (χ0) is 21.5. The van der Waals surface area contributed by atoms with Gasteiger partial charge < -0.3 is 10.1 Å². The van der Waals surface area contributed by atoms with Gasteiger partial charge in [0.2, 0.25) is 0 Å². The fourth-order valence-electron chi connectivity index (χ4n) is 3.32. The van der Waals surface area contributed by atoms with Crippen LogP contribution in [0.15, 0.2) is 59.4 Å². The minimum absolute atomic E-state index is 0.144. The third-order valence-corrected chi connectivity index (χ3v) is 4.86. The van der Waals surface area contributed by atoms with Crippen LogP contribution in [0.4, 0.5) is 0 Å². The molecule has 2 aromatic carbocycles.